The van der Waals surface area contributed by atoms with Crippen molar-refractivity contribution < 1.29 is 22.8 Å². The third-order valence-corrected chi connectivity index (χ3v) is 8.09. The summed E-state index contributed by atoms with van der Waals surface area (Å²) in [5.74, 6) is 0. The van der Waals surface area contributed by atoms with Gasteiger partial charge >= 0.3 is 0 Å². The van der Waals surface area contributed by atoms with Crippen molar-refractivity contribution in [3.05, 3.63) is 34.4 Å². The number of benzene rings is 1. The Bertz CT molecular complexity index is 794. The van der Waals surface area contributed by atoms with Gasteiger partial charge < -0.3 is 14.4 Å². The molecule has 0 heterocycles. The Morgan fingerprint density at radius 3 is 2.28 bits per heavy atom. The van der Waals surface area contributed by atoms with Crippen molar-refractivity contribution in [1.29, 1.82) is 0 Å². The lowest BCUT2D eigenvalue weighted by Crippen LogP contribution is -2.40. The highest BCUT2D eigenvalue weighted by molar-refractivity contribution is 7.89. The first-order valence-electron chi connectivity index (χ1n) is 11.3. The second-order valence-electron chi connectivity index (χ2n) is 8.21. The summed E-state index contributed by atoms with van der Waals surface area (Å²) in [6.07, 6.45) is 5.43. The molecule has 1 aliphatic carbocycles. The molecule has 0 N–H and O–H groups in total. The summed E-state index contributed by atoms with van der Waals surface area (Å²) in [5.41, 5.74) is -0.123. The summed E-state index contributed by atoms with van der Waals surface area (Å²) in [6.45, 7) is 6.65. The minimum absolute atomic E-state index is 0.0793. The molecular formula is C22H37N3O6S. The van der Waals surface area contributed by atoms with Gasteiger partial charge in [0.15, 0.2) is 0 Å². The largest absolute Gasteiger partial charge is 0.383 e. The van der Waals surface area contributed by atoms with Crippen LogP contribution in [0.4, 0.5) is 5.69 Å². The van der Waals surface area contributed by atoms with Crippen LogP contribution in [-0.2, 0) is 19.5 Å². The van der Waals surface area contributed by atoms with Crippen LogP contribution in [0.15, 0.2) is 29.2 Å². The van der Waals surface area contributed by atoms with Crippen LogP contribution in [-0.4, -0.2) is 81.7 Å². The van der Waals surface area contributed by atoms with Gasteiger partial charge in [0.2, 0.25) is 10.0 Å². The monoisotopic (exact) mass is 471 g/mol. The number of methoxy groups -OCH3 is 1. The number of ether oxygens (including phenoxy) is 2. The molecule has 32 heavy (non-hydrogen) atoms. The summed E-state index contributed by atoms with van der Waals surface area (Å²) in [7, 11) is -0.374. The van der Waals surface area contributed by atoms with Gasteiger partial charge in [0.05, 0.1) is 22.5 Å². The van der Waals surface area contributed by atoms with Crippen molar-refractivity contribution in [2.45, 2.75) is 62.5 Å². The normalized spacial score (nSPS) is 19.5. The van der Waals surface area contributed by atoms with Gasteiger partial charge in [-0.3, -0.25) is 10.1 Å². The van der Waals surface area contributed by atoms with E-state index >= 15 is 0 Å². The van der Waals surface area contributed by atoms with Crippen molar-refractivity contribution in [1.82, 2.24) is 9.21 Å². The second-order valence-corrected chi connectivity index (χ2v) is 10.2. The number of hydrogen-bond donors (Lipinski definition) is 0. The zero-order valence-corrected chi connectivity index (χ0v) is 20.3. The minimum atomic E-state index is -3.68. The number of rotatable bonds is 14. The van der Waals surface area contributed by atoms with E-state index < -0.39 is 14.9 Å². The zero-order valence-electron chi connectivity index (χ0n) is 19.4. The van der Waals surface area contributed by atoms with E-state index in [4.69, 9.17) is 9.47 Å². The highest BCUT2D eigenvalue weighted by Gasteiger charge is 2.32. The molecule has 0 aliphatic heterocycles. The first-order valence-corrected chi connectivity index (χ1v) is 12.8. The lowest BCUT2D eigenvalue weighted by molar-refractivity contribution is -0.384. The molecule has 9 nitrogen and oxygen atoms in total. The summed E-state index contributed by atoms with van der Waals surface area (Å²) >= 11 is 0. The van der Waals surface area contributed by atoms with Gasteiger partial charge in [0.25, 0.3) is 5.69 Å². The van der Waals surface area contributed by atoms with Crippen LogP contribution >= 0.6 is 0 Å². The van der Waals surface area contributed by atoms with Gasteiger partial charge in [-0.25, -0.2) is 8.42 Å². The van der Waals surface area contributed by atoms with Crippen molar-refractivity contribution >= 4 is 15.7 Å². The number of likely N-dealkylation sites (N-methyl/N-ethyl adjacent to an activating group) is 1. The SMILES string of the molecule is CCN(CCCCOC1CCC(N(C)S(=O)(=O)c2ccc([N+](=O)[O-])cc2)CC1)CCOC. The van der Waals surface area contributed by atoms with Gasteiger partial charge in [0.1, 0.15) is 0 Å². The number of nitro benzene ring substituents is 1. The Morgan fingerprint density at radius 1 is 1.06 bits per heavy atom. The topological polar surface area (TPSA) is 102 Å². The standard InChI is InChI=1S/C22H37N3O6S/c1-4-24(16-18-30-3)15-5-6-17-31-21-11-7-19(8-12-21)23(2)32(28,29)22-13-9-20(10-14-22)25(26)27/h9-10,13-14,19,21H,4-8,11-12,15-18H2,1-3H3. The minimum Gasteiger partial charge on any atom is -0.383 e. The number of nitro groups is 1. The van der Waals surface area contributed by atoms with Crippen LogP contribution in [0.1, 0.15) is 45.4 Å². The zero-order chi connectivity index (χ0) is 23.6. The maximum atomic E-state index is 12.9. The molecule has 0 radical (unpaired) electrons. The first-order chi connectivity index (χ1) is 15.3. The van der Waals surface area contributed by atoms with Crippen LogP contribution in [0.5, 0.6) is 0 Å². The van der Waals surface area contributed by atoms with Crippen LogP contribution < -0.4 is 0 Å². The molecule has 0 unspecified atom stereocenters. The van der Waals surface area contributed by atoms with Gasteiger partial charge in [-0.15, -0.1) is 0 Å². The van der Waals surface area contributed by atoms with Crippen molar-refractivity contribution in [3.63, 3.8) is 0 Å². The number of hydrogen-bond acceptors (Lipinski definition) is 7. The average Bonchev–Trinajstić information content (AvgIpc) is 2.80. The van der Waals surface area contributed by atoms with Crippen molar-refractivity contribution in [2.75, 3.05) is 47.0 Å². The Morgan fingerprint density at radius 2 is 1.72 bits per heavy atom. The van der Waals surface area contributed by atoms with Crippen LogP contribution in [0.25, 0.3) is 0 Å². The second kappa shape index (κ2) is 13.2. The molecule has 0 saturated heterocycles. The van der Waals surface area contributed by atoms with E-state index in [0.29, 0.717) is 0 Å². The quantitative estimate of drug-likeness (QED) is 0.233. The first kappa shape index (κ1) is 26.7. The Kier molecular flexibility index (Phi) is 11.0. The molecule has 0 bridgehead atoms. The fourth-order valence-corrected chi connectivity index (χ4v) is 5.43. The van der Waals surface area contributed by atoms with Gasteiger partial charge in [-0.1, -0.05) is 6.92 Å². The lowest BCUT2D eigenvalue weighted by Gasteiger charge is -2.34. The number of sulfonamides is 1. The van der Waals surface area contributed by atoms with Crippen LogP contribution in [0.3, 0.4) is 0 Å². The van der Waals surface area contributed by atoms with Gasteiger partial charge in [-0.05, 0) is 63.7 Å². The molecule has 0 spiro atoms. The highest BCUT2D eigenvalue weighted by Crippen LogP contribution is 2.29. The number of nitrogens with zero attached hydrogens (tertiary/aromatic N) is 3. The summed E-state index contributed by atoms with van der Waals surface area (Å²) < 4.78 is 38.4. The fraction of sp³-hybridized carbons (Fsp3) is 0.727. The molecule has 10 heteroatoms. The molecule has 1 saturated carbocycles. The Labute approximate surface area is 191 Å². The average molecular weight is 472 g/mol. The number of unbranched alkanes of at least 4 members (excludes halogenated alkanes) is 1. The van der Waals surface area contributed by atoms with E-state index in [2.05, 4.69) is 11.8 Å². The molecule has 182 valence electrons. The van der Waals surface area contributed by atoms with Crippen molar-refractivity contribution in [2.24, 2.45) is 0 Å². The molecule has 2 rings (SSSR count). The molecule has 1 aromatic rings. The predicted octanol–water partition coefficient (Wildman–Crippen LogP) is 3.29. The van der Waals surface area contributed by atoms with E-state index in [1.807, 2.05) is 0 Å². The van der Waals surface area contributed by atoms with Crippen LogP contribution in [0, 0.1) is 10.1 Å². The van der Waals surface area contributed by atoms with Crippen LogP contribution in [0.2, 0.25) is 0 Å². The van der Waals surface area contributed by atoms with E-state index in [9.17, 15) is 18.5 Å². The molecule has 0 atom stereocenters. The van der Waals surface area contributed by atoms with Crippen molar-refractivity contribution in [3.8, 4) is 0 Å². The fourth-order valence-electron chi connectivity index (χ4n) is 4.01. The predicted molar refractivity (Wildman–Crippen MR) is 123 cm³/mol. The molecule has 1 aliphatic rings. The Hall–Kier alpha value is -1.59. The lowest BCUT2D eigenvalue weighted by atomic mass is 9.93. The van der Waals surface area contributed by atoms with E-state index in [1.54, 1.807) is 14.2 Å². The van der Waals surface area contributed by atoms with Gasteiger partial charge in [-0.2, -0.15) is 4.31 Å². The molecule has 0 aromatic heterocycles. The Balaban J connectivity index is 1.73. The van der Waals surface area contributed by atoms with E-state index in [1.165, 1.54) is 28.6 Å². The van der Waals surface area contributed by atoms with E-state index in [-0.39, 0.29) is 22.7 Å². The third kappa shape index (κ3) is 7.77. The summed E-state index contributed by atoms with van der Waals surface area (Å²) in [4.78, 5) is 12.7. The van der Waals surface area contributed by atoms with Gasteiger partial charge in [0, 0.05) is 45.5 Å². The number of non-ortho nitro benzene ring substituents is 1. The maximum Gasteiger partial charge on any atom is 0.269 e. The molecule has 1 aromatic carbocycles. The smallest absolute Gasteiger partial charge is 0.269 e. The summed E-state index contributed by atoms with van der Waals surface area (Å²) in [5, 5.41) is 10.8. The summed E-state index contributed by atoms with van der Waals surface area (Å²) in [6, 6.07) is 4.96. The molecular weight excluding hydrogens is 434 g/mol. The third-order valence-electron chi connectivity index (χ3n) is 6.16. The molecule has 0 amide bonds. The maximum absolute atomic E-state index is 12.9. The highest BCUT2D eigenvalue weighted by atomic mass is 32.2. The molecule has 1 fully saturated rings. The van der Waals surface area contributed by atoms with E-state index in [0.717, 1.165) is 71.4 Å².